The Morgan fingerprint density at radius 2 is 1.03 bits per heavy atom. The molecule has 3 N–H and O–H groups in total. The number of carbonyl (C=O) groups is 2. The van der Waals surface area contributed by atoms with E-state index in [1.807, 2.05) is 46.7 Å². The summed E-state index contributed by atoms with van der Waals surface area (Å²) in [5.74, 6) is 4.74. The van der Waals surface area contributed by atoms with Gasteiger partial charge in [0.2, 0.25) is 21.8 Å². The van der Waals surface area contributed by atoms with Crippen molar-refractivity contribution in [3.05, 3.63) is 84.4 Å². The van der Waals surface area contributed by atoms with Crippen LogP contribution in [0.5, 0.6) is 23.0 Å². The highest BCUT2D eigenvalue weighted by Gasteiger charge is 2.34. The summed E-state index contributed by atoms with van der Waals surface area (Å²) in [7, 11) is 0.193. The van der Waals surface area contributed by atoms with Gasteiger partial charge >= 0.3 is 0 Å². The molecule has 392 valence electrons. The zero-order valence-electron chi connectivity index (χ0n) is 43.0. The number of nitrogens with zero attached hydrogens (tertiary/aromatic N) is 7. The van der Waals surface area contributed by atoms with Crippen LogP contribution in [0.2, 0.25) is 0 Å². The molecule has 0 spiro atoms. The van der Waals surface area contributed by atoms with Gasteiger partial charge in [-0.05, 0) is 98.9 Å². The molecule has 2 amide bonds. The fraction of sp³-hybridized carbons (Fsp3) is 0.491. The largest absolute Gasteiger partial charge is 0.495 e. The first-order valence-electron chi connectivity index (χ1n) is 26.2. The summed E-state index contributed by atoms with van der Waals surface area (Å²) in [6, 6.07) is 16.7. The molecule has 6 aromatic rings. The number of hydrogen-bond donors (Lipinski definition) is 3. The lowest BCUT2D eigenvalue weighted by Gasteiger charge is -2.35. The van der Waals surface area contributed by atoms with Crippen LogP contribution in [0.3, 0.4) is 0 Å². The number of ether oxygens (including phenoxy) is 4. The lowest BCUT2D eigenvalue weighted by molar-refractivity contribution is -0.120. The maximum Gasteiger partial charge on any atom is 0.220 e. The van der Waals surface area contributed by atoms with Crippen molar-refractivity contribution in [2.75, 3.05) is 95.7 Å². The van der Waals surface area contributed by atoms with Gasteiger partial charge in [0.25, 0.3) is 0 Å². The molecule has 4 atom stereocenters. The van der Waals surface area contributed by atoms with Crippen molar-refractivity contribution >= 4 is 44.2 Å². The minimum atomic E-state index is -3.19. The van der Waals surface area contributed by atoms with E-state index in [-0.39, 0.29) is 35.9 Å². The Bertz CT molecular complexity index is 3170. The summed E-state index contributed by atoms with van der Waals surface area (Å²) >= 11 is 0. The summed E-state index contributed by atoms with van der Waals surface area (Å²) in [6.45, 7) is 11.4. The number of fused-ring (bicyclic) bond motifs is 2. The van der Waals surface area contributed by atoms with Gasteiger partial charge in [0.1, 0.15) is 46.2 Å². The summed E-state index contributed by atoms with van der Waals surface area (Å²) in [4.78, 5) is 28.1. The fourth-order valence-electron chi connectivity index (χ4n) is 11.0. The monoisotopic (exact) mass is 1030 g/mol. The fourth-order valence-corrected chi connectivity index (χ4v) is 11.8. The zero-order valence-corrected chi connectivity index (χ0v) is 43.8. The second-order valence-corrected chi connectivity index (χ2v) is 22.8. The van der Waals surface area contributed by atoms with Crippen LogP contribution >= 0.6 is 0 Å². The third-order valence-electron chi connectivity index (χ3n) is 15.7. The van der Waals surface area contributed by atoms with Gasteiger partial charge in [-0.2, -0.15) is 14.5 Å². The molecule has 4 saturated heterocycles. The standard InChI is InChI=1S/C28H35N5O5S.C27H33N5O3/c1-18(21-14-27(34)29-15-21)38-26-13-22(17-33-28(26)23(16-30-33)19-4-5-19)20-6-7-24(25(12-20)37-2)31-8-10-32(11-9-31)39(3,35)36;1-17(20-13-26(33)29-14-20)35-25-12-21(16-32-27(25)22(15-30-32)18-3-4-18)19-5-6-23(24(11-19)34-2)31-9-7-28-8-10-31/h6-7,12-13,16-19,21H,4-5,8-11,14-15H2,1-3H3,(H,29,34);5-6,11-12,15-18,20,28H,3-4,7-10,13-14H2,1-2H3,(H,29,33)/t18-,21-;17-,20-/m11/s1. The molecule has 74 heavy (non-hydrogen) atoms. The molecule has 6 fully saturated rings. The number of sulfonamides is 1. The molecule has 0 radical (unpaired) electrons. The van der Waals surface area contributed by atoms with Crippen molar-refractivity contribution in [1.82, 2.24) is 39.5 Å². The van der Waals surface area contributed by atoms with E-state index in [4.69, 9.17) is 24.0 Å². The number of rotatable bonds is 15. The van der Waals surface area contributed by atoms with Crippen LogP contribution in [0.4, 0.5) is 11.4 Å². The van der Waals surface area contributed by atoms with Gasteiger partial charge in [0, 0.05) is 125 Å². The molecule has 2 aliphatic carbocycles. The smallest absolute Gasteiger partial charge is 0.220 e. The Kier molecular flexibility index (Phi) is 13.8. The molecule has 2 saturated carbocycles. The second-order valence-electron chi connectivity index (χ2n) is 20.9. The summed E-state index contributed by atoms with van der Waals surface area (Å²) < 4.78 is 54.0. The second kappa shape index (κ2) is 20.6. The predicted molar refractivity (Wildman–Crippen MR) is 284 cm³/mol. The van der Waals surface area contributed by atoms with E-state index >= 15 is 0 Å². The molecular formula is C55H68N10O8S. The average Bonchev–Trinajstić information content (AvgIpc) is 4.24. The Morgan fingerprint density at radius 1 is 0.595 bits per heavy atom. The molecule has 8 heterocycles. The number of hydrogen-bond acceptors (Lipinski definition) is 13. The van der Waals surface area contributed by atoms with Crippen LogP contribution in [0.25, 0.3) is 33.3 Å². The Labute approximate surface area is 432 Å². The first-order valence-corrected chi connectivity index (χ1v) is 28.1. The SMILES string of the molecule is COc1cc(-c2cc(O[C@H](C)[C@H]3CNC(=O)C3)c3c(C4CC4)cnn3c2)ccc1N1CCN(S(C)(=O)=O)CC1.COc1cc(-c2cc(O[C@H](C)[C@H]3CNC(=O)C3)c3c(C4CC4)cnn3c2)ccc1N1CCNCC1. The van der Waals surface area contributed by atoms with Gasteiger partial charge in [0.05, 0.1) is 44.2 Å². The van der Waals surface area contributed by atoms with E-state index in [0.29, 0.717) is 63.9 Å². The third-order valence-corrected chi connectivity index (χ3v) is 17.1. The van der Waals surface area contributed by atoms with E-state index in [1.54, 1.807) is 14.2 Å². The number of carbonyl (C=O) groups excluding carboxylic acids is 2. The van der Waals surface area contributed by atoms with Crippen LogP contribution in [0.1, 0.15) is 75.3 Å². The van der Waals surface area contributed by atoms with Crippen molar-refractivity contribution in [3.8, 4) is 45.3 Å². The first-order chi connectivity index (χ1) is 35.8. The highest BCUT2D eigenvalue weighted by Crippen LogP contribution is 2.47. The van der Waals surface area contributed by atoms with Gasteiger partial charge in [-0.1, -0.05) is 12.1 Å². The molecule has 2 aromatic carbocycles. The topological polar surface area (TPSA) is 186 Å². The molecule has 19 heteroatoms. The first kappa shape index (κ1) is 49.6. The molecule has 6 aliphatic rings. The molecule has 12 rings (SSSR count). The lowest BCUT2D eigenvalue weighted by Crippen LogP contribution is -2.48. The van der Waals surface area contributed by atoms with Gasteiger partial charge in [0.15, 0.2) is 0 Å². The molecule has 0 unspecified atom stereocenters. The van der Waals surface area contributed by atoms with Crippen molar-refractivity contribution in [3.63, 3.8) is 0 Å². The molecule has 18 nitrogen and oxygen atoms in total. The Morgan fingerprint density at radius 3 is 1.42 bits per heavy atom. The minimum Gasteiger partial charge on any atom is -0.495 e. The van der Waals surface area contributed by atoms with E-state index in [0.717, 1.165) is 107 Å². The van der Waals surface area contributed by atoms with Crippen molar-refractivity contribution < 1.29 is 37.0 Å². The number of piperazine rings is 2. The van der Waals surface area contributed by atoms with Gasteiger partial charge in [-0.3, -0.25) is 9.59 Å². The number of aromatic nitrogens is 4. The van der Waals surface area contributed by atoms with Crippen LogP contribution < -0.4 is 44.7 Å². The lowest BCUT2D eigenvalue weighted by atomic mass is 10.0. The van der Waals surface area contributed by atoms with E-state index < -0.39 is 10.0 Å². The van der Waals surface area contributed by atoms with E-state index in [9.17, 15) is 18.0 Å². The van der Waals surface area contributed by atoms with Crippen LogP contribution in [0.15, 0.2) is 73.3 Å². The minimum absolute atomic E-state index is 0.0716. The maximum atomic E-state index is 11.9. The van der Waals surface area contributed by atoms with Gasteiger partial charge < -0.3 is 44.7 Å². The van der Waals surface area contributed by atoms with Crippen molar-refractivity contribution in [2.24, 2.45) is 11.8 Å². The summed E-state index contributed by atoms with van der Waals surface area (Å²) in [6.07, 6.45) is 14.8. The van der Waals surface area contributed by atoms with Crippen LogP contribution in [0, 0.1) is 11.8 Å². The Balaban J connectivity index is 0.000000160. The molecule has 4 aliphatic heterocycles. The Hall–Kier alpha value is -6.57. The average molecular weight is 1030 g/mol. The van der Waals surface area contributed by atoms with Crippen molar-refractivity contribution in [2.45, 2.75) is 76.4 Å². The van der Waals surface area contributed by atoms with Crippen LogP contribution in [-0.4, -0.2) is 142 Å². The predicted octanol–water partition coefficient (Wildman–Crippen LogP) is 6.07. The highest BCUT2D eigenvalue weighted by molar-refractivity contribution is 7.88. The number of nitrogens with one attached hydrogen (secondary N) is 3. The number of pyridine rings is 2. The normalized spacial score (nSPS) is 21.3. The number of benzene rings is 2. The number of anilines is 2. The zero-order chi connectivity index (χ0) is 51.3. The van der Waals surface area contributed by atoms with Crippen LogP contribution in [-0.2, 0) is 19.6 Å². The van der Waals surface area contributed by atoms with E-state index in [2.05, 4.69) is 80.4 Å². The van der Waals surface area contributed by atoms with Crippen molar-refractivity contribution in [1.29, 1.82) is 0 Å². The molecular weight excluding hydrogens is 961 g/mol. The maximum absolute atomic E-state index is 11.9. The van der Waals surface area contributed by atoms with Gasteiger partial charge in [-0.25, -0.2) is 17.4 Å². The molecule has 4 aromatic heterocycles. The van der Waals surface area contributed by atoms with E-state index in [1.165, 1.54) is 34.5 Å². The summed E-state index contributed by atoms with van der Waals surface area (Å²) in [5.41, 5.74) is 10.6. The van der Waals surface area contributed by atoms with Gasteiger partial charge in [-0.15, -0.1) is 0 Å². The number of amides is 2. The third kappa shape index (κ3) is 10.4. The highest BCUT2D eigenvalue weighted by atomic mass is 32.2. The quantitative estimate of drug-likeness (QED) is 0.108. The molecule has 0 bridgehead atoms. The summed E-state index contributed by atoms with van der Waals surface area (Å²) in [5, 5.41) is 18.6. The number of methoxy groups -OCH3 is 2.